The predicted molar refractivity (Wildman–Crippen MR) is 32.2 cm³/mol. The van der Waals surface area contributed by atoms with Gasteiger partial charge in [0.05, 0.1) is 0 Å². The molecule has 1 aliphatic rings. The Hall–Kier alpha value is -0.350. The Labute approximate surface area is 49.9 Å². The van der Waals surface area contributed by atoms with Gasteiger partial charge in [-0.05, 0) is 12.8 Å². The standard InChI is InChI=1S/C5H7N.ClH/c1-2-6-5-3-4-5;/h1,5-6H,3-4H2;1H. The number of terminal acetylenes is 1. The number of nitrogens with one attached hydrogen (secondary N) is 1. The SMILES string of the molecule is C#CNC1CC1.Cl. The maximum absolute atomic E-state index is 4.91. The van der Waals surface area contributed by atoms with Crippen molar-refractivity contribution >= 4 is 12.4 Å². The number of halogens is 1. The fourth-order valence-corrected chi connectivity index (χ4v) is 0.346. The molecule has 0 heterocycles. The lowest BCUT2D eigenvalue weighted by Crippen LogP contribution is -2.05. The van der Waals surface area contributed by atoms with Crippen LogP contribution in [0.15, 0.2) is 0 Å². The van der Waals surface area contributed by atoms with E-state index in [0.717, 1.165) is 0 Å². The lowest BCUT2D eigenvalue weighted by Gasteiger charge is -1.83. The average molecular weight is 118 g/mol. The van der Waals surface area contributed by atoms with E-state index in [1.54, 1.807) is 0 Å². The van der Waals surface area contributed by atoms with E-state index >= 15 is 0 Å². The van der Waals surface area contributed by atoms with E-state index in [-0.39, 0.29) is 12.4 Å². The maximum Gasteiger partial charge on any atom is 0.0342 e. The second kappa shape index (κ2) is 2.76. The lowest BCUT2D eigenvalue weighted by molar-refractivity contribution is 0.894. The van der Waals surface area contributed by atoms with Crippen molar-refractivity contribution in [3.05, 3.63) is 0 Å². The van der Waals surface area contributed by atoms with Crippen LogP contribution in [0.3, 0.4) is 0 Å². The zero-order chi connectivity index (χ0) is 4.41. The van der Waals surface area contributed by atoms with Crippen LogP contribution in [0.4, 0.5) is 0 Å². The first-order chi connectivity index (χ1) is 2.93. The van der Waals surface area contributed by atoms with Crippen molar-refractivity contribution < 1.29 is 0 Å². The summed E-state index contributed by atoms with van der Waals surface area (Å²) in [5.41, 5.74) is 0. The van der Waals surface area contributed by atoms with Crippen molar-refractivity contribution in [3.8, 4) is 12.5 Å². The summed E-state index contributed by atoms with van der Waals surface area (Å²) >= 11 is 0. The van der Waals surface area contributed by atoms with Crippen LogP contribution in [0, 0.1) is 12.5 Å². The molecule has 0 bridgehead atoms. The maximum atomic E-state index is 4.91. The molecule has 0 radical (unpaired) electrons. The number of hydrogen-bond donors (Lipinski definition) is 1. The van der Waals surface area contributed by atoms with Crippen molar-refractivity contribution in [2.75, 3.05) is 0 Å². The van der Waals surface area contributed by atoms with Crippen molar-refractivity contribution in [1.29, 1.82) is 0 Å². The summed E-state index contributed by atoms with van der Waals surface area (Å²) in [6.45, 7) is 0. The van der Waals surface area contributed by atoms with Crippen molar-refractivity contribution in [1.82, 2.24) is 5.32 Å². The van der Waals surface area contributed by atoms with Crippen LogP contribution < -0.4 is 5.32 Å². The van der Waals surface area contributed by atoms with Crippen molar-refractivity contribution in [2.24, 2.45) is 0 Å². The summed E-state index contributed by atoms with van der Waals surface area (Å²) in [7, 11) is 0. The van der Waals surface area contributed by atoms with Gasteiger partial charge in [-0.1, -0.05) is 6.42 Å². The minimum atomic E-state index is 0. The molecule has 0 aromatic carbocycles. The zero-order valence-electron chi connectivity index (χ0n) is 3.98. The predicted octanol–water partition coefficient (Wildman–Crippen LogP) is 0.751. The third-order valence-corrected chi connectivity index (χ3v) is 0.865. The third kappa shape index (κ3) is 2.36. The summed E-state index contributed by atoms with van der Waals surface area (Å²) in [5.74, 6) is 0. The highest BCUT2D eigenvalue weighted by atomic mass is 35.5. The van der Waals surface area contributed by atoms with Crippen molar-refractivity contribution in [3.63, 3.8) is 0 Å². The molecule has 0 atom stereocenters. The lowest BCUT2D eigenvalue weighted by atomic mass is 10.7. The van der Waals surface area contributed by atoms with Crippen LogP contribution in [0.2, 0.25) is 0 Å². The first kappa shape index (κ1) is 6.65. The highest BCUT2D eigenvalue weighted by Gasteiger charge is 2.18. The Morgan fingerprint density at radius 2 is 2.14 bits per heavy atom. The number of hydrogen-bond acceptors (Lipinski definition) is 1. The quantitative estimate of drug-likeness (QED) is 0.395. The van der Waals surface area contributed by atoms with Crippen molar-refractivity contribution in [2.45, 2.75) is 18.9 Å². The Morgan fingerprint density at radius 1 is 1.57 bits per heavy atom. The van der Waals surface area contributed by atoms with Crippen LogP contribution in [0.25, 0.3) is 0 Å². The van der Waals surface area contributed by atoms with E-state index in [4.69, 9.17) is 6.42 Å². The van der Waals surface area contributed by atoms with Crippen LogP contribution in [-0.4, -0.2) is 6.04 Å². The molecule has 40 valence electrons. The van der Waals surface area contributed by atoms with Gasteiger partial charge < -0.3 is 5.32 Å². The van der Waals surface area contributed by atoms with E-state index in [1.807, 2.05) is 0 Å². The summed E-state index contributed by atoms with van der Waals surface area (Å²) in [4.78, 5) is 0. The summed E-state index contributed by atoms with van der Waals surface area (Å²) in [5, 5.41) is 2.85. The van der Waals surface area contributed by atoms with Gasteiger partial charge in [0, 0.05) is 12.1 Å². The third-order valence-electron chi connectivity index (χ3n) is 0.865. The zero-order valence-corrected chi connectivity index (χ0v) is 4.79. The molecule has 1 saturated carbocycles. The van der Waals surface area contributed by atoms with Crippen LogP contribution in [0.5, 0.6) is 0 Å². The van der Waals surface area contributed by atoms with E-state index < -0.39 is 0 Å². The van der Waals surface area contributed by atoms with Crippen LogP contribution in [-0.2, 0) is 0 Å². The largest absolute Gasteiger partial charge is 0.343 e. The highest BCUT2D eigenvalue weighted by molar-refractivity contribution is 5.85. The Bertz CT molecular complexity index is 80.6. The average Bonchev–Trinajstić information content (AvgIpc) is 2.21. The molecule has 1 fully saturated rings. The molecule has 7 heavy (non-hydrogen) atoms. The van der Waals surface area contributed by atoms with Gasteiger partial charge in [-0.3, -0.25) is 0 Å². The van der Waals surface area contributed by atoms with Gasteiger partial charge in [0.15, 0.2) is 0 Å². The molecule has 1 aliphatic carbocycles. The Balaban J connectivity index is 0.000000360. The number of rotatable bonds is 1. The van der Waals surface area contributed by atoms with Gasteiger partial charge in [0.2, 0.25) is 0 Å². The summed E-state index contributed by atoms with van der Waals surface area (Å²) in [6.07, 6.45) is 7.44. The summed E-state index contributed by atoms with van der Waals surface area (Å²) < 4.78 is 0. The van der Waals surface area contributed by atoms with E-state index in [0.29, 0.717) is 6.04 Å². The van der Waals surface area contributed by atoms with Gasteiger partial charge in [0.25, 0.3) is 0 Å². The fraction of sp³-hybridized carbons (Fsp3) is 0.600. The molecule has 1 N–H and O–H groups in total. The van der Waals surface area contributed by atoms with Crippen LogP contribution >= 0.6 is 12.4 Å². The molecule has 2 heteroatoms. The minimum absolute atomic E-state index is 0. The Morgan fingerprint density at radius 3 is 2.29 bits per heavy atom. The second-order valence-corrected chi connectivity index (χ2v) is 1.56. The van der Waals surface area contributed by atoms with Gasteiger partial charge in [0.1, 0.15) is 0 Å². The van der Waals surface area contributed by atoms with Gasteiger partial charge >= 0.3 is 0 Å². The van der Waals surface area contributed by atoms with E-state index in [2.05, 4.69) is 11.4 Å². The van der Waals surface area contributed by atoms with Gasteiger partial charge in [-0.25, -0.2) is 0 Å². The molecule has 1 nitrogen and oxygen atoms in total. The molecule has 0 aromatic heterocycles. The Kier molecular flexibility index (Phi) is 2.62. The second-order valence-electron chi connectivity index (χ2n) is 1.56. The molecule has 0 saturated heterocycles. The molecule has 0 unspecified atom stereocenters. The molecular formula is C5H8ClN. The molecule has 0 amide bonds. The van der Waals surface area contributed by atoms with Crippen LogP contribution in [0.1, 0.15) is 12.8 Å². The highest BCUT2D eigenvalue weighted by Crippen LogP contribution is 2.17. The molecule has 0 aromatic rings. The molecule has 0 aliphatic heterocycles. The smallest absolute Gasteiger partial charge is 0.0342 e. The minimum Gasteiger partial charge on any atom is -0.343 e. The first-order valence-corrected chi connectivity index (χ1v) is 2.14. The monoisotopic (exact) mass is 117 g/mol. The normalized spacial score (nSPS) is 16.4. The fourth-order valence-electron chi connectivity index (χ4n) is 0.346. The first-order valence-electron chi connectivity index (χ1n) is 2.14. The molecule has 1 rings (SSSR count). The summed E-state index contributed by atoms with van der Waals surface area (Å²) in [6, 6.07) is 3.04. The van der Waals surface area contributed by atoms with E-state index in [9.17, 15) is 0 Å². The molecule has 0 spiro atoms. The topological polar surface area (TPSA) is 12.0 Å². The van der Waals surface area contributed by atoms with Gasteiger partial charge in [-0.15, -0.1) is 12.4 Å². The molecular weight excluding hydrogens is 110 g/mol. The van der Waals surface area contributed by atoms with E-state index in [1.165, 1.54) is 12.8 Å². The van der Waals surface area contributed by atoms with Gasteiger partial charge in [-0.2, -0.15) is 0 Å².